The molecule has 6 heteroatoms. The van der Waals surface area contributed by atoms with Crippen molar-refractivity contribution in [2.75, 3.05) is 38.2 Å². The highest BCUT2D eigenvalue weighted by atomic mass is 16.5. The second-order valence-electron chi connectivity index (χ2n) is 14.4. The number of fused-ring (bicyclic) bond motifs is 2. The Morgan fingerprint density at radius 1 is 0.250 bits per heavy atom. The summed E-state index contributed by atoms with van der Waals surface area (Å²) >= 11 is 0. The average Bonchev–Trinajstić information content (AvgIpc) is 3.32. The first-order valence-electron chi connectivity index (χ1n) is 19.9. The number of rotatable bonds is 12. The van der Waals surface area contributed by atoms with Crippen molar-refractivity contribution < 1.29 is 18.9 Å². The fourth-order valence-corrected chi connectivity index (χ4v) is 8.12. The van der Waals surface area contributed by atoms with Crippen molar-refractivity contribution in [3.8, 4) is 45.3 Å². The van der Waals surface area contributed by atoms with E-state index in [9.17, 15) is 0 Å². The highest BCUT2D eigenvalue weighted by Crippen LogP contribution is 2.46. The molecule has 6 nitrogen and oxygen atoms in total. The lowest BCUT2D eigenvalue weighted by molar-refractivity contribution is 0.414. The molecule has 60 heavy (non-hydrogen) atoms. The molecule has 0 aliphatic rings. The fraction of sp³-hybridized carbons (Fsp3) is 0.0741. The summed E-state index contributed by atoms with van der Waals surface area (Å²) in [7, 11) is 6.75. The topological polar surface area (TPSA) is 43.4 Å². The third kappa shape index (κ3) is 7.20. The lowest BCUT2D eigenvalue weighted by Gasteiger charge is -2.26. The predicted molar refractivity (Wildman–Crippen MR) is 248 cm³/mol. The van der Waals surface area contributed by atoms with E-state index >= 15 is 0 Å². The van der Waals surface area contributed by atoms with Gasteiger partial charge in [-0.1, -0.05) is 72.8 Å². The summed E-state index contributed by atoms with van der Waals surface area (Å²) in [6.45, 7) is 0. The third-order valence-corrected chi connectivity index (χ3v) is 11.1. The van der Waals surface area contributed by atoms with Crippen molar-refractivity contribution in [1.29, 1.82) is 0 Å². The molecule has 294 valence electrons. The highest BCUT2D eigenvalue weighted by Gasteiger charge is 2.19. The van der Waals surface area contributed by atoms with Gasteiger partial charge in [0.1, 0.15) is 23.0 Å². The Hall–Kier alpha value is -7.70. The van der Waals surface area contributed by atoms with Crippen LogP contribution in [0.1, 0.15) is 0 Å². The van der Waals surface area contributed by atoms with Crippen molar-refractivity contribution in [3.05, 3.63) is 194 Å². The molecule has 0 spiro atoms. The molecule has 0 aliphatic heterocycles. The maximum absolute atomic E-state index is 5.48. The van der Waals surface area contributed by atoms with Crippen LogP contribution in [0.4, 0.5) is 34.1 Å². The lowest BCUT2D eigenvalue weighted by Crippen LogP contribution is -2.10. The Kier molecular flexibility index (Phi) is 10.5. The van der Waals surface area contributed by atoms with Crippen LogP contribution in [0.25, 0.3) is 43.8 Å². The Balaban J connectivity index is 1.13. The van der Waals surface area contributed by atoms with Crippen molar-refractivity contribution >= 4 is 55.7 Å². The molecule has 0 unspecified atom stereocenters. The summed E-state index contributed by atoms with van der Waals surface area (Å²) in [5.41, 5.74) is 10.9. The molecule has 0 atom stereocenters. The monoisotopic (exact) mass is 784 g/mol. The number of nitrogens with zero attached hydrogens (tertiary/aromatic N) is 2. The molecule has 0 aromatic heterocycles. The predicted octanol–water partition coefficient (Wildman–Crippen LogP) is 14.3. The first kappa shape index (κ1) is 37.9. The van der Waals surface area contributed by atoms with Crippen molar-refractivity contribution in [2.24, 2.45) is 0 Å². The first-order chi connectivity index (χ1) is 29.6. The Bertz CT molecular complexity index is 2520. The molecular formula is C54H44N2O4. The SMILES string of the molecule is COc1ccc(N(c2ccc(OC)cc2)c2ccc(-c3c4ccccc4c(-c4ccc(N(c5ccc(OC)cc5)c5ccc(OC)cc5)cc4)c4ccccc34)cc2)cc1. The minimum Gasteiger partial charge on any atom is -0.497 e. The molecule has 0 saturated carbocycles. The van der Waals surface area contributed by atoms with Gasteiger partial charge < -0.3 is 28.7 Å². The molecule has 0 bridgehead atoms. The molecule has 0 saturated heterocycles. The van der Waals surface area contributed by atoms with Gasteiger partial charge in [0.15, 0.2) is 0 Å². The maximum atomic E-state index is 5.48. The average molecular weight is 785 g/mol. The summed E-state index contributed by atoms with van der Waals surface area (Å²) in [5, 5.41) is 4.79. The lowest BCUT2D eigenvalue weighted by atomic mass is 9.86. The Morgan fingerprint density at radius 2 is 0.450 bits per heavy atom. The smallest absolute Gasteiger partial charge is 0.119 e. The van der Waals surface area contributed by atoms with Crippen LogP contribution in [0.3, 0.4) is 0 Å². The fourth-order valence-electron chi connectivity index (χ4n) is 8.12. The number of benzene rings is 9. The van der Waals surface area contributed by atoms with Crippen molar-refractivity contribution in [2.45, 2.75) is 0 Å². The van der Waals surface area contributed by atoms with Gasteiger partial charge in [0.25, 0.3) is 0 Å². The minimum absolute atomic E-state index is 0.811. The van der Waals surface area contributed by atoms with Crippen LogP contribution >= 0.6 is 0 Å². The van der Waals surface area contributed by atoms with E-state index < -0.39 is 0 Å². The van der Waals surface area contributed by atoms with Crippen LogP contribution in [-0.4, -0.2) is 28.4 Å². The van der Waals surface area contributed by atoms with Crippen LogP contribution in [0.15, 0.2) is 194 Å². The zero-order valence-corrected chi connectivity index (χ0v) is 34.0. The van der Waals surface area contributed by atoms with Crippen LogP contribution in [0.5, 0.6) is 23.0 Å². The zero-order valence-electron chi connectivity index (χ0n) is 34.0. The highest BCUT2D eigenvalue weighted by molar-refractivity contribution is 6.21. The van der Waals surface area contributed by atoms with Crippen LogP contribution in [0.2, 0.25) is 0 Å². The molecular weight excluding hydrogens is 741 g/mol. The van der Waals surface area contributed by atoms with Crippen molar-refractivity contribution in [1.82, 2.24) is 0 Å². The second kappa shape index (κ2) is 16.6. The van der Waals surface area contributed by atoms with E-state index in [2.05, 4.69) is 155 Å². The van der Waals surface area contributed by atoms with E-state index in [0.717, 1.165) is 68.2 Å². The normalized spacial score (nSPS) is 11.0. The number of hydrogen-bond acceptors (Lipinski definition) is 6. The van der Waals surface area contributed by atoms with Crippen molar-refractivity contribution in [3.63, 3.8) is 0 Å². The molecule has 0 N–H and O–H groups in total. The quantitative estimate of drug-likeness (QED) is 0.115. The molecule has 0 aliphatic carbocycles. The van der Waals surface area contributed by atoms with Crippen LogP contribution < -0.4 is 28.7 Å². The van der Waals surface area contributed by atoms with Gasteiger partial charge in [0.05, 0.1) is 28.4 Å². The minimum atomic E-state index is 0.811. The first-order valence-corrected chi connectivity index (χ1v) is 19.9. The molecule has 9 rings (SSSR count). The van der Waals surface area contributed by atoms with Gasteiger partial charge in [-0.2, -0.15) is 0 Å². The Morgan fingerprint density at radius 3 is 0.650 bits per heavy atom. The van der Waals surface area contributed by atoms with Gasteiger partial charge >= 0.3 is 0 Å². The Labute approximate surface area is 351 Å². The largest absolute Gasteiger partial charge is 0.497 e. The molecule has 9 aromatic rings. The van der Waals surface area contributed by atoms with Gasteiger partial charge in [-0.25, -0.2) is 0 Å². The third-order valence-electron chi connectivity index (χ3n) is 11.1. The van der Waals surface area contributed by atoms with Crippen LogP contribution in [-0.2, 0) is 0 Å². The summed E-state index contributed by atoms with van der Waals surface area (Å²) in [5.74, 6) is 3.24. The van der Waals surface area contributed by atoms with Gasteiger partial charge in [0.2, 0.25) is 0 Å². The molecule has 0 amide bonds. The van der Waals surface area contributed by atoms with Gasteiger partial charge in [0, 0.05) is 34.1 Å². The van der Waals surface area contributed by atoms with E-state index in [4.69, 9.17) is 18.9 Å². The number of methoxy groups -OCH3 is 4. The van der Waals surface area contributed by atoms with Crippen LogP contribution in [0, 0.1) is 0 Å². The van der Waals surface area contributed by atoms with E-state index in [0.29, 0.717) is 0 Å². The summed E-state index contributed by atoms with van der Waals surface area (Å²) in [6.07, 6.45) is 0. The van der Waals surface area contributed by atoms with E-state index in [1.807, 2.05) is 48.5 Å². The summed E-state index contributed by atoms with van der Waals surface area (Å²) in [6, 6.07) is 67.9. The molecule has 0 radical (unpaired) electrons. The van der Waals surface area contributed by atoms with E-state index in [-0.39, 0.29) is 0 Å². The maximum Gasteiger partial charge on any atom is 0.119 e. The molecule has 0 fully saturated rings. The van der Waals surface area contributed by atoms with Gasteiger partial charge in [-0.05, 0) is 165 Å². The molecule has 0 heterocycles. The van der Waals surface area contributed by atoms with E-state index in [1.165, 1.54) is 32.7 Å². The number of ether oxygens (including phenoxy) is 4. The van der Waals surface area contributed by atoms with E-state index in [1.54, 1.807) is 28.4 Å². The zero-order chi connectivity index (χ0) is 41.0. The number of anilines is 6. The second-order valence-corrected chi connectivity index (χ2v) is 14.4. The van der Waals surface area contributed by atoms with Gasteiger partial charge in [-0.3, -0.25) is 0 Å². The standard InChI is InChI=1S/C54H44N2O4/c1-57-45-29-21-41(22-30-45)55(42-23-31-46(58-2)32-24-42)39-17-13-37(14-18-39)53-49-9-5-7-11-51(49)54(52-12-8-6-10-50(52)53)38-15-19-40(20-16-38)56(43-25-33-47(59-3)34-26-43)44-27-35-48(60-4)36-28-44/h5-36H,1-4H3. The summed E-state index contributed by atoms with van der Waals surface area (Å²) < 4.78 is 21.9. The van der Waals surface area contributed by atoms with Gasteiger partial charge in [-0.15, -0.1) is 0 Å². The summed E-state index contributed by atoms with van der Waals surface area (Å²) in [4.78, 5) is 4.49. The number of hydrogen-bond donors (Lipinski definition) is 0. The molecule has 9 aromatic carbocycles.